The number of piperidine rings is 1. The van der Waals surface area contributed by atoms with E-state index in [1.54, 1.807) is 20.8 Å². The van der Waals surface area contributed by atoms with Crippen molar-refractivity contribution >= 4 is 23.7 Å². The number of carbonyl (C=O) groups is 2. The number of nitrogens with zero attached hydrogens (tertiary/aromatic N) is 2. The number of esters is 1. The molecule has 162 valence electrons. The second kappa shape index (κ2) is 8.42. The van der Waals surface area contributed by atoms with E-state index in [-0.39, 0.29) is 42.3 Å². The third-order valence-corrected chi connectivity index (χ3v) is 5.19. The minimum atomic E-state index is -3.10. The summed E-state index contributed by atoms with van der Waals surface area (Å²) in [5, 5.41) is -0.122. The van der Waals surface area contributed by atoms with E-state index >= 15 is 0 Å². The third kappa shape index (κ3) is 5.15. The summed E-state index contributed by atoms with van der Waals surface area (Å²) >= 11 is 6.01. The normalized spacial score (nSPS) is 17.0. The topological polar surface area (TPSA) is 68.7 Å². The molecule has 0 spiro atoms. The molecule has 1 aromatic heterocycles. The molecular formula is C20H27ClF2N2O4. The molecule has 1 aliphatic heterocycles. The van der Waals surface area contributed by atoms with Gasteiger partial charge in [-0.2, -0.15) is 0 Å². The van der Waals surface area contributed by atoms with Gasteiger partial charge in [0.05, 0.1) is 12.8 Å². The van der Waals surface area contributed by atoms with Crippen LogP contribution in [0.4, 0.5) is 13.6 Å². The Morgan fingerprint density at radius 3 is 2.31 bits per heavy atom. The molecular weight excluding hydrogens is 406 g/mol. The van der Waals surface area contributed by atoms with Crippen LogP contribution in [-0.2, 0) is 25.6 Å². The van der Waals surface area contributed by atoms with Crippen LogP contribution < -0.4 is 0 Å². The maximum atomic E-state index is 14.3. The van der Waals surface area contributed by atoms with Crippen molar-refractivity contribution < 1.29 is 27.8 Å². The Labute approximate surface area is 174 Å². The molecule has 1 aliphatic rings. The Morgan fingerprint density at radius 2 is 1.83 bits per heavy atom. The molecule has 29 heavy (non-hydrogen) atoms. The molecule has 0 unspecified atom stereocenters. The minimum absolute atomic E-state index is 0.122. The van der Waals surface area contributed by atoms with Crippen LogP contribution in [0.15, 0.2) is 12.1 Å². The predicted octanol–water partition coefficient (Wildman–Crippen LogP) is 4.68. The standard InChI is InChI=1S/C20H27ClF2N2O4/c1-6-20(22,23)13-11-14(24-15(21)12-13)19(16(26)28-5)7-9-25(10-8-19)17(27)29-18(2,3)4/h11-12H,6-10H2,1-5H3. The predicted molar refractivity (Wildman–Crippen MR) is 104 cm³/mol. The Bertz CT molecular complexity index is 772. The van der Waals surface area contributed by atoms with Crippen molar-refractivity contribution in [3.05, 3.63) is 28.5 Å². The number of alkyl halides is 2. The third-order valence-electron chi connectivity index (χ3n) is 5.00. The first-order chi connectivity index (χ1) is 13.3. The summed E-state index contributed by atoms with van der Waals surface area (Å²) in [5.74, 6) is -3.70. The fraction of sp³-hybridized carbons (Fsp3) is 0.650. The van der Waals surface area contributed by atoms with Crippen LogP contribution in [0.25, 0.3) is 0 Å². The van der Waals surface area contributed by atoms with Crippen molar-refractivity contribution in [2.75, 3.05) is 20.2 Å². The number of likely N-dealkylation sites (tertiary alicyclic amines) is 1. The first-order valence-electron chi connectivity index (χ1n) is 9.47. The average Bonchev–Trinajstić information content (AvgIpc) is 2.65. The van der Waals surface area contributed by atoms with Crippen molar-refractivity contribution in [1.29, 1.82) is 0 Å². The van der Waals surface area contributed by atoms with Crippen LogP contribution in [0.3, 0.4) is 0 Å². The number of ether oxygens (including phenoxy) is 2. The quantitative estimate of drug-likeness (QED) is 0.510. The number of halogens is 3. The zero-order valence-electron chi connectivity index (χ0n) is 17.4. The molecule has 0 N–H and O–H groups in total. The summed E-state index contributed by atoms with van der Waals surface area (Å²) in [6.07, 6.45) is -0.592. The Morgan fingerprint density at radius 1 is 1.24 bits per heavy atom. The van der Waals surface area contributed by atoms with Crippen molar-refractivity contribution in [2.45, 2.75) is 63.9 Å². The van der Waals surface area contributed by atoms with Crippen molar-refractivity contribution in [3.8, 4) is 0 Å². The number of rotatable bonds is 4. The lowest BCUT2D eigenvalue weighted by atomic mass is 9.74. The molecule has 0 aromatic carbocycles. The van der Waals surface area contributed by atoms with Crippen LogP contribution >= 0.6 is 11.6 Å². The molecule has 2 heterocycles. The van der Waals surface area contributed by atoms with Gasteiger partial charge in [-0.05, 0) is 45.7 Å². The maximum absolute atomic E-state index is 14.3. The van der Waals surface area contributed by atoms with E-state index in [0.29, 0.717) is 0 Å². The van der Waals surface area contributed by atoms with Gasteiger partial charge < -0.3 is 14.4 Å². The zero-order valence-corrected chi connectivity index (χ0v) is 18.1. The molecule has 1 amide bonds. The van der Waals surface area contributed by atoms with Gasteiger partial charge in [0.2, 0.25) is 0 Å². The second-order valence-corrected chi connectivity index (χ2v) is 8.55. The van der Waals surface area contributed by atoms with E-state index in [4.69, 9.17) is 21.1 Å². The first-order valence-corrected chi connectivity index (χ1v) is 9.85. The van der Waals surface area contributed by atoms with E-state index < -0.39 is 35.4 Å². The summed E-state index contributed by atoms with van der Waals surface area (Å²) in [6.45, 7) is 7.04. The largest absolute Gasteiger partial charge is 0.468 e. The van der Waals surface area contributed by atoms with E-state index in [0.717, 1.165) is 6.07 Å². The number of pyridine rings is 1. The molecule has 1 fully saturated rings. The van der Waals surface area contributed by atoms with E-state index in [1.807, 2.05) is 0 Å². The number of carbonyl (C=O) groups excluding carboxylic acids is 2. The van der Waals surface area contributed by atoms with Crippen molar-refractivity contribution in [3.63, 3.8) is 0 Å². The van der Waals surface area contributed by atoms with Gasteiger partial charge in [-0.3, -0.25) is 4.79 Å². The molecule has 0 bridgehead atoms. The Kier molecular flexibility index (Phi) is 6.77. The fourth-order valence-electron chi connectivity index (χ4n) is 3.32. The minimum Gasteiger partial charge on any atom is -0.468 e. The smallest absolute Gasteiger partial charge is 0.410 e. The van der Waals surface area contributed by atoms with Gasteiger partial charge >= 0.3 is 12.1 Å². The highest BCUT2D eigenvalue weighted by Crippen LogP contribution is 2.40. The summed E-state index contributed by atoms with van der Waals surface area (Å²) in [7, 11) is 1.23. The second-order valence-electron chi connectivity index (χ2n) is 8.16. The Balaban J connectivity index is 2.37. The highest BCUT2D eigenvalue weighted by molar-refractivity contribution is 6.29. The molecule has 0 radical (unpaired) electrons. The van der Waals surface area contributed by atoms with E-state index in [1.165, 1.54) is 25.0 Å². The van der Waals surface area contributed by atoms with Gasteiger partial charge in [0.1, 0.15) is 16.2 Å². The number of amides is 1. The van der Waals surface area contributed by atoms with Crippen LogP contribution in [0.1, 0.15) is 58.2 Å². The number of aromatic nitrogens is 1. The van der Waals surface area contributed by atoms with Gasteiger partial charge in [0.25, 0.3) is 5.92 Å². The van der Waals surface area contributed by atoms with Crippen molar-refractivity contribution in [1.82, 2.24) is 9.88 Å². The lowest BCUT2D eigenvalue weighted by Gasteiger charge is -2.39. The molecule has 0 atom stereocenters. The lowest BCUT2D eigenvalue weighted by molar-refractivity contribution is -0.150. The summed E-state index contributed by atoms with van der Waals surface area (Å²) in [4.78, 5) is 30.7. The van der Waals surface area contributed by atoms with Gasteiger partial charge in [-0.25, -0.2) is 18.6 Å². The van der Waals surface area contributed by atoms with E-state index in [9.17, 15) is 18.4 Å². The Hall–Kier alpha value is -1.96. The molecule has 6 nitrogen and oxygen atoms in total. The molecule has 1 saturated heterocycles. The molecule has 0 aliphatic carbocycles. The van der Waals surface area contributed by atoms with Gasteiger partial charge in [-0.15, -0.1) is 0 Å². The molecule has 1 aromatic rings. The number of hydrogen-bond acceptors (Lipinski definition) is 5. The fourth-order valence-corrected chi connectivity index (χ4v) is 3.52. The van der Waals surface area contributed by atoms with Gasteiger partial charge in [0, 0.05) is 25.1 Å². The SMILES string of the molecule is CCC(F)(F)c1cc(Cl)nc(C2(C(=O)OC)CCN(C(=O)OC(C)(C)C)CC2)c1. The molecule has 2 rings (SSSR count). The van der Waals surface area contributed by atoms with Gasteiger partial charge in [0.15, 0.2) is 0 Å². The molecule has 9 heteroatoms. The summed E-state index contributed by atoms with van der Waals surface area (Å²) in [6, 6.07) is 2.32. The van der Waals surface area contributed by atoms with Crippen LogP contribution in [0, 0.1) is 0 Å². The van der Waals surface area contributed by atoms with Crippen molar-refractivity contribution in [2.24, 2.45) is 0 Å². The first kappa shape index (κ1) is 23.3. The maximum Gasteiger partial charge on any atom is 0.410 e. The number of methoxy groups -OCH3 is 1. The zero-order chi connectivity index (χ0) is 22.0. The lowest BCUT2D eigenvalue weighted by Crippen LogP contribution is -2.51. The van der Waals surface area contributed by atoms with Crippen LogP contribution in [0.5, 0.6) is 0 Å². The van der Waals surface area contributed by atoms with Gasteiger partial charge in [-0.1, -0.05) is 18.5 Å². The summed E-state index contributed by atoms with van der Waals surface area (Å²) < 4.78 is 38.9. The molecule has 0 saturated carbocycles. The van der Waals surface area contributed by atoms with Crippen LogP contribution in [0.2, 0.25) is 5.15 Å². The highest BCUT2D eigenvalue weighted by Gasteiger charge is 2.47. The monoisotopic (exact) mass is 432 g/mol. The average molecular weight is 433 g/mol. The van der Waals surface area contributed by atoms with E-state index in [2.05, 4.69) is 4.98 Å². The van der Waals surface area contributed by atoms with Crippen LogP contribution in [-0.4, -0.2) is 47.7 Å². The number of hydrogen-bond donors (Lipinski definition) is 0. The highest BCUT2D eigenvalue weighted by atomic mass is 35.5. The summed E-state index contributed by atoms with van der Waals surface area (Å²) in [5.41, 5.74) is -2.09.